The molecule has 17 heavy (non-hydrogen) atoms. The van der Waals surface area contributed by atoms with E-state index >= 15 is 0 Å². The third-order valence-corrected chi connectivity index (χ3v) is 4.99. The lowest BCUT2D eigenvalue weighted by Gasteiger charge is -2.45. The highest BCUT2D eigenvalue weighted by molar-refractivity contribution is 5.76. The van der Waals surface area contributed by atoms with Crippen LogP contribution in [-0.2, 0) is 4.79 Å². The van der Waals surface area contributed by atoms with Gasteiger partial charge in [-0.1, -0.05) is 33.1 Å². The maximum atomic E-state index is 11.7. The van der Waals surface area contributed by atoms with E-state index in [4.69, 9.17) is 0 Å². The van der Waals surface area contributed by atoms with E-state index < -0.39 is 17.0 Å². The van der Waals surface area contributed by atoms with Gasteiger partial charge in [0.15, 0.2) is 0 Å². The molecule has 0 aromatic heterocycles. The summed E-state index contributed by atoms with van der Waals surface area (Å²) in [5.41, 5.74) is -1.78. The molecule has 0 spiro atoms. The third kappa shape index (κ3) is 1.99. The zero-order chi connectivity index (χ0) is 12.7. The largest absolute Gasteiger partial charge is 0.481 e. The number of carboxylic acids is 1. The van der Waals surface area contributed by atoms with Crippen LogP contribution >= 0.6 is 0 Å². The predicted octanol–water partition coefficient (Wildman–Crippen LogP) is 2.96. The number of aliphatic hydroxyl groups is 1. The number of hydrogen-bond acceptors (Lipinski definition) is 2. The smallest absolute Gasteiger partial charge is 0.312 e. The summed E-state index contributed by atoms with van der Waals surface area (Å²) in [5, 5.41) is 20.5. The number of hydrogen-bond donors (Lipinski definition) is 2. The molecule has 2 aliphatic carbocycles. The van der Waals surface area contributed by atoms with E-state index in [-0.39, 0.29) is 5.41 Å². The van der Waals surface area contributed by atoms with Gasteiger partial charge in [-0.15, -0.1) is 0 Å². The lowest BCUT2D eigenvalue weighted by molar-refractivity contribution is -0.175. The number of carboxylic acid groups (broad SMARTS) is 1. The van der Waals surface area contributed by atoms with Gasteiger partial charge in [-0.2, -0.15) is 0 Å². The zero-order valence-electron chi connectivity index (χ0n) is 11.0. The Hall–Kier alpha value is -0.570. The molecule has 0 aromatic rings. The van der Waals surface area contributed by atoms with Gasteiger partial charge in [0.2, 0.25) is 0 Å². The van der Waals surface area contributed by atoms with Gasteiger partial charge in [0.25, 0.3) is 0 Å². The average molecular weight is 240 g/mol. The summed E-state index contributed by atoms with van der Waals surface area (Å²) in [7, 11) is 0. The average Bonchev–Trinajstić information content (AvgIpc) is 2.55. The first-order chi connectivity index (χ1) is 7.81. The van der Waals surface area contributed by atoms with Crippen LogP contribution in [0.3, 0.4) is 0 Å². The van der Waals surface area contributed by atoms with Gasteiger partial charge in [0.1, 0.15) is 0 Å². The van der Waals surface area contributed by atoms with E-state index in [0.29, 0.717) is 25.7 Å². The SMILES string of the molecule is CC1(C)CCC(O)(C2(C(=O)O)CCCCC2)C1. The fourth-order valence-electron chi connectivity index (χ4n) is 3.96. The molecule has 0 aromatic carbocycles. The summed E-state index contributed by atoms with van der Waals surface area (Å²) in [6.07, 6.45) is 6.49. The van der Waals surface area contributed by atoms with Crippen LogP contribution in [0.1, 0.15) is 65.2 Å². The molecule has 2 aliphatic rings. The second kappa shape index (κ2) is 3.98. The summed E-state index contributed by atoms with van der Waals surface area (Å²) >= 11 is 0. The predicted molar refractivity (Wildman–Crippen MR) is 65.7 cm³/mol. The molecule has 0 aliphatic heterocycles. The minimum atomic E-state index is -0.983. The van der Waals surface area contributed by atoms with Crippen molar-refractivity contribution in [1.82, 2.24) is 0 Å². The fraction of sp³-hybridized carbons (Fsp3) is 0.929. The highest BCUT2D eigenvalue weighted by Crippen LogP contribution is 2.56. The minimum Gasteiger partial charge on any atom is -0.481 e. The van der Waals surface area contributed by atoms with Crippen LogP contribution in [0.25, 0.3) is 0 Å². The third-order valence-electron chi connectivity index (χ3n) is 4.99. The standard InChI is InChI=1S/C14H24O3/c1-12(2)8-9-14(17,10-12)13(11(15)16)6-4-3-5-7-13/h17H,3-10H2,1-2H3,(H,15,16). The molecule has 3 heteroatoms. The van der Waals surface area contributed by atoms with E-state index in [1.54, 1.807) is 0 Å². The van der Waals surface area contributed by atoms with E-state index in [1.165, 1.54) is 0 Å². The molecule has 0 radical (unpaired) electrons. The van der Waals surface area contributed by atoms with Crippen molar-refractivity contribution in [2.75, 3.05) is 0 Å². The Morgan fingerprint density at radius 3 is 2.00 bits per heavy atom. The monoisotopic (exact) mass is 240 g/mol. The van der Waals surface area contributed by atoms with Crippen molar-refractivity contribution in [3.05, 3.63) is 0 Å². The van der Waals surface area contributed by atoms with Crippen molar-refractivity contribution < 1.29 is 15.0 Å². The van der Waals surface area contributed by atoms with Crippen molar-refractivity contribution in [2.24, 2.45) is 10.8 Å². The quantitative estimate of drug-likeness (QED) is 0.780. The van der Waals surface area contributed by atoms with Crippen molar-refractivity contribution >= 4 is 5.97 Å². The van der Waals surface area contributed by atoms with Crippen LogP contribution in [0.5, 0.6) is 0 Å². The minimum absolute atomic E-state index is 0.0780. The second-order valence-corrected chi connectivity index (χ2v) is 6.82. The first-order valence-corrected chi connectivity index (χ1v) is 6.77. The van der Waals surface area contributed by atoms with E-state index in [0.717, 1.165) is 25.7 Å². The molecular weight excluding hydrogens is 216 g/mol. The van der Waals surface area contributed by atoms with Gasteiger partial charge in [0, 0.05) is 0 Å². The molecular formula is C14H24O3. The van der Waals surface area contributed by atoms with Gasteiger partial charge < -0.3 is 10.2 Å². The molecule has 98 valence electrons. The molecule has 0 saturated heterocycles. The van der Waals surface area contributed by atoms with E-state index in [2.05, 4.69) is 13.8 Å². The summed E-state index contributed by atoms with van der Waals surface area (Å²) in [6.45, 7) is 4.26. The Balaban J connectivity index is 2.30. The Morgan fingerprint density at radius 1 is 1.00 bits per heavy atom. The molecule has 1 atom stereocenters. The van der Waals surface area contributed by atoms with E-state index in [9.17, 15) is 15.0 Å². The Kier molecular flexibility index (Phi) is 3.01. The number of aliphatic carboxylic acids is 1. The van der Waals surface area contributed by atoms with Crippen LogP contribution in [0.4, 0.5) is 0 Å². The molecule has 3 nitrogen and oxygen atoms in total. The number of carbonyl (C=O) groups is 1. The molecule has 2 saturated carbocycles. The number of rotatable bonds is 2. The summed E-state index contributed by atoms with van der Waals surface area (Å²) in [5.74, 6) is -0.780. The van der Waals surface area contributed by atoms with Gasteiger partial charge in [-0.3, -0.25) is 4.79 Å². The Bertz CT molecular complexity index is 315. The molecule has 0 heterocycles. The van der Waals surface area contributed by atoms with Gasteiger partial charge in [-0.05, 0) is 37.5 Å². The first kappa shape index (κ1) is 12.9. The highest BCUT2D eigenvalue weighted by atomic mass is 16.4. The Morgan fingerprint density at radius 2 is 1.59 bits per heavy atom. The maximum absolute atomic E-state index is 11.7. The summed E-state index contributed by atoms with van der Waals surface area (Å²) in [4.78, 5) is 11.7. The summed E-state index contributed by atoms with van der Waals surface area (Å²) in [6, 6.07) is 0. The van der Waals surface area contributed by atoms with Crippen molar-refractivity contribution in [3.8, 4) is 0 Å². The first-order valence-electron chi connectivity index (χ1n) is 6.77. The molecule has 2 rings (SSSR count). The van der Waals surface area contributed by atoms with Crippen LogP contribution in [0.2, 0.25) is 0 Å². The van der Waals surface area contributed by atoms with E-state index in [1.807, 2.05) is 0 Å². The van der Waals surface area contributed by atoms with Gasteiger partial charge >= 0.3 is 5.97 Å². The lowest BCUT2D eigenvalue weighted by Crippen LogP contribution is -2.53. The lowest BCUT2D eigenvalue weighted by atomic mass is 9.61. The Labute approximate surface area is 103 Å². The topological polar surface area (TPSA) is 57.5 Å². The van der Waals surface area contributed by atoms with Crippen LogP contribution in [-0.4, -0.2) is 21.8 Å². The normalized spacial score (nSPS) is 35.7. The highest BCUT2D eigenvalue weighted by Gasteiger charge is 2.59. The molecule has 2 fully saturated rings. The molecule has 0 amide bonds. The van der Waals surface area contributed by atoms with Crippen LogP contribution < -0.4 is 0 Å². The van der Waals surface area contributed by atoms with Gasteiger partial charge in [-0.25, -0.2) is 0 Å². The molecule has 0 bridgehead atoms. The molecule has 1 unspecified atom stereocenters. The second-order valence-electron chi connectivity index (χ2n) is 6.82. The zero-order valence-corrected chi connectivity index (χ0v) is 11.0. The van der Waals surface area contributed by atoms with Gasteiger partial charge in [0.05, 0.1) is 11.0 Å². The van der Waals surface area contributed by atoms with Crippen LogP contribution in [0, 0.1) is 10.8 Å². The molecule has 2 N–H and O–H groups in total. The summed E-state index contributed by atoms with van der Waals surface area (Å²) < 4.78 is 0. The van der Waals surface area contributed by atoms with Crippen molar-refractivity contribution in [3.63, 3.8) is 0 Å². The van der Waals surface area contributed by atoms with Crippen molar-refractivity contribution in [1.29, 1.82) is 0 Å². The maximum Gasteiger partial charge on any atom is 0.312 e. The van der Waals surface area contributed by atoms with Crippen molar-refractivity contribution in [2.45, 2.75) is 70.8 Å². The fourth-order valence-corrected chi connectivity index (χ4v) is 3.96. The van der Waals surface area contributed by atoms with Crippen LogP contribution in [0.15, 0.2) is 0 Å².